The molecule has 0 atom stereocenters. The lowest BCUT2D eigenvalue weighted by Crippen LogP contribution is -2.43. The van der Waals surface area contributed by atoms with Gasteiger partial charge in [-0.1, -0.05) is 12.1 Å². The highest BCUT2D eigenvalue weighted by Gasteiger charge is 2.37. The lowest BCUT2D eigenvalue weighted by Gasteiger charge is -2.39. The number of methoxy groups -OCH3 is 2. The third-order valence-corrected chi connectivity index (χ3v) is 6.14. The number of rotatable bonds is 4. The highest BCUT2D eigenvalue weighted by Crippen LogP contribution is 2.39. The first-order valence-electron chi connectivity index (χ1n) is 10.3. The number of hydrogen-bond donors (Lipinski definition) is 1. The monoisotopic (exact) mass is 446 g/mol. The van der Waals surface area contributed by atoms with Gasteiger partial charge in [0.25, 0.3) is 0 Å². The molecule has 1 fully saturated rings. The first kappa shape index (κ1) is 22.2. The number of nitrogens with zero attached hydrogens (tertiary/aromatic N) is 2. The molecule has 2 heterocycles. The Balaban J connectivity index is 1.61. The van der Waals surface area contributed by atoms with Gasteiger partial charge in [0.15, 0.2) is 0 Å². The van der Waals surface area contributed by atoms with E-state index in [0.717, 1.165) is 28.9 Å². The normalized spacial score (nSPS) is 16.3. The van der Waals surface area contributed by atoms with Crippen LogP contribution in [0.15, 0.2) is 42.5 Å². The van der Waals surface area contributed by atoms with Gasteiger partial charge in [-0.3, -0.25) is 0 Å². The molecule has 32 heavy (non-hydrogen) atoms. The van der Waals surface area contributed by atoms with Crippen LogP contribution in [0.4, 0.5) is 19.0 Å². The maximum absolute atomic E-state index is 13.1. The Kier molecular flexibility index (Phi) is 5.67. The minimum absolute atomic E-state index is 0.295. The van der Waals surface area contributed by atoms with Gasteiger partial charge in [-0.15, -0.1) is 0 Å². The molecule has 5 nitrogen and oxygen atoms in total. The molecular formula is C24H25F3N2O3. The highest BCUT2D eigenvalue weighted by atomic mass is 19.4. The molecule has 0 aliphatic carbocycles. The number of aromatic nitrogens is 1. The van der Waals surface area contributed by atoms with Gasteiger partial charge in [0.1, 0.15) is 22.8 Å². The lowest BCUT2D eigenvalue weighted by molar-refractivity contribution is -0.137. The molecule has 1 aliphatic heterocycles. The summed E-state index contributed by atoms with van der Waals surface area (Å²) >= 11 is 0. The van der Waals surface area contributed by atoms with E-state index < -0.39 is 17.3 Å². The Labute approximate surface area is 184 Å². The lowest BCUT2D eigenvalue weighted by atomic mass is 9.83. The Morgan fingerprint density at radius 2 is 1.75 bits per heavy atom. The van der Waals surface area contributed by atoms with Gasteiger partial charge >= 0.3 is 6.18 Å². The molecule has 2 aromatic carbocycles. The fourth-order valence-corrected chi connectivity index (χ4v) is 4.23. The standard InChI is InChI=1S/C24H25F3N2O3/c1-15-11-21(28-22-19(15)13-18(31-2)14-20(22)32-3)29-9-7-23(30,8-10-29)16-5-4-6-17(12-16)24(25,26)27/h4-6,11-14,30H,7-10H2,1-3H3. The molecule has 8 heteroatoms. The van der Waals surface area contributed by atoms with Crippen molar-refractivity contribution in [2.75, 3.05) is 32.2 Å². The second-order valence-corrected chi connectivity index (χ2v) is 8.12. The fourth-order valence-electron chi connectivity index (χ4n) is 4.23. The largest absolute Gasteiger partial charge is 0.497 e. The van der Waals surface area contributed by atoms with E-state index in [9.17, 15) is 18.3 Å². The molecule has 0 bridgehead atoms. The van der Waals surface area contributed by atoms with Crippen molar-refractivity contribution in [2.24, 2.45) is 0 Å². The number of pyridine rings is 1. The maximum Gasteiger partial charge on any atom is 0.416 e. The smallest absolute Gasteiger partial charge is 0.416 e. The number of hydrogen-bond acceptors (Lipinski definition) is 5. The molecule has 0 radical (unpaired) electrons. The van der Waals surface area contributed by atoms with Gasteiger partial charge in [-0.2, -0.15) is 13.2 Å². The van der Waals surface area contributed by atoms with Crippen LogP contribution in [-0.4, -0.2) is 37.4 Å². The van der Waals surface area contributed by atoms with Crippen LogP contribution in [-0.2, 0) is 11.8 Å². The van der Waals surface area contributed by atoms with E-state index in [0.29, 0.717) is 48.5 Å². The van der Waals surface area contributed by atoms with Crippen molar-refractivity contribution in [1.82, 2.24) is 4.98 Å². The number of fused-ring (bicyclic) bond motifs is 1. The van der Waals surface area contributed by atoms with Gasteiger partial charge < -0.3 is 19.5 Å². The van der Waals surface area contributed by atoms with Crippen molar-refractivity contribution in [3.8, 4) is 11.5 Å². The molecule has 1 aliphatic rings. The molecule has 0 amide bonds. The van der Waals surface area contributed by atoms with Crippen LogP contribution in [0, 0.1) is 6.92 Å². The van der Waals surface area contributed by atoms with Crippen LogP contribution in [0.5, 0.6) is 11.5 Å². The van der Waals surface area contributed by atoms with Gasteiger partial charge in [0.05, 0.1) is 25.4 Å². The van der Waals surface area contributed by atoms with Crippen LogP contribution in [0.1, 0.15) is 29.5 Å². The molecular weight excluding hydrogens is 421 g/mol. The summed E-state index contributed by atoms with van der Waals surface area (Å²) in [5, 5.41) is 12.0. The van der Waals surface area contributed by atoms with E-state index in [2.05, 4.69) is 0 Å². The van der Waals surface area contributed by atoms with E-state index in [1.807, 2.05) is 24.0 Å². The van der Waals surface area contributed by atoms with Gasteiger partial charge in [-0.05, 0) is 55.2 Å². The number of piperidine rings is 1. The molecule has 170 valence electrons. The Morgan fingerprint density at radius 1 is 1.03 bits per heavy atom. The van der Waals surface area contributed by atoms with Gasteiger partial charge in [-0.25, -0.2) is 4.98 Å². The van der Waals surface area contributed by atoms with E-state index >= 15 is 0 Å². The van der Waals surface area contributed by atoms with Crippen LogP contribution in [0.2, 0.25) is 0 Å². The van der Waals surface area contributed by atoms with E-state index in [4.69, 9.17) is 14.5 Å². The summed E-state index contributed by atoms with van der Waals surface area (Å²) in [6.45, 7) is 2.90. The topological polar surface area (TPSA) is 54.8 Å². The average Bonchev–Trinajstić information content (AvgIpc) is 2.78. The molecule has 0 unspecified atom stereocenters. The van der Waals surface area contributed by atoms with Crippen molar-refractivity contribution in [1.29, 1.82) is 0 Å². The SMILES string of the molecule is COc1cc(OC)c2nc(N3CCC(O)(c4cccc(C(F)(F)F)c4)CC3)cc(C)c2c1. The van der Waals surface area contributed by atoms with Crippen LogP contribution >= 0.6 is 0 Å². The van der Waals surface area contributed by atoms with Crippen molar-refractivity contribution < 1.29 is 27.8 Å². The second kappa shape index (κ2) is 8.16. The summed E-state index contributed by atoms with van der Waals surface area (Å²) in [7, 11) is 3.17. The minimum atomic E-state index is -4.44. The second-order valence-electron chi connectivity index (χ2n) is 8.12. The summed E-state index contributed by atoms with van der Waals surface area (Å²) in [6, 6.07) is 10.6. The number of aliphatic hydroxyl groups is 1. The zero-order chi connectivity index (χ0) is 23.1. The van der Waals surface area contributed by atoms with Crippen molar-refractivity contribution >= 4 is 16.7 Å². The zero-order valence-corrected chi connectivity index (χ0v) is 18.2. The van der Waals surface area contributed by atoms with Crippen molar-refractivity contribution in [3.63, 3.8) is 0 Å². The zero-order valence-electron chi connectivity index (χ0n) is 18.2. The molecule has 3 aromatic rings. The number of aryl methyl sites for hydroxylation is 1. The molecule has 1 N–H and O–H groups in total. The predicted octanol–water partition coefficient (Wildman–Crippen LogP) is 5.07. The molecule has 1 aromatic heterocycles. The van der Waals surface area contributed by atoms with Crippen LogP contribution in [0.25, 0.3) is 10.9 Å². The Bertz CT molecular complexity index is 1140. The fraction of sp³-hybridized carbons (Fsp3) is 0.375. The molecule has 1 saturated heterocycles. The quantitative estimate of drug-likeness (QED) is 0.607. The third-order valence-electron chi connectivity index (χ3n) is 6.14. The van der Waals surface area contributed by atoms with Crippen molar-refractivity contribution in [3.05, 3.63) is 59.2 Å². The molecule has 4 rings (SSSR count). The van der Waals surface area contributed by atoms with Gasteiger partial charge in [0.2, 0.25) is 0 Å². The van der Waals surface area contributed by atoms with Crippen LogP contribution < -0.4 is 14.4 Å². The molecule has 0 spiro atoms. The van der Waals surface area contributed by atoms with Crippen LogP contribution in [0.3, 0.4) is 0 Å². The summed E-state index contributed by atoms with van der Waals surface area (Å²) in [5.41, 5.74) is -0.0548. The van der Waals surface area contributed by atoms with E-state index in [-0.39, 0.29) is 0 Å². The maximum atomic E-state index is 13.1. The van der Waals surface area contributed by atoms with Gasteiger partial charge in [0, 0.05) is 24.5 Å². The number of anilines is 1. The summed E-state index contributed by atoms with van der Waals surface area (Å²) < 4.78 is 50.2. The number of alkyl halides is 3. The third kappa shape index (κ3) is 4.07. The van der Waals surface area contributed by atoms with E-state index in [1.54, 1.807) is 26.4 Å². The highest BCUT2D eigenvalue weighted by molar-refractivity contribution is 5.90. The number of ether oxygens (including phenoxy) is 2. The van der Waals surface area contributed by atoms with E-state index in [1.165, 1.54) is 6.07 Å². The minimum Gasteiger partial charge on any atom is -0.497 e. The average molecular weight is 446 g/mol. The predicted molar refractivity (Wildman–Crippen MR) is 116 cm³/mol. The first-order valence-corrected chi connectivity index (χ1v) is 10.3. The number of halogens is 3. The summed E-state index contributed by atoms with van der Waals surface area (Å²) in [6.07, 6.45) is -3.85. The summed E-state index contributed by atoms with van der Waals surface area (Å²) in [4.78, 5) is 6.83. The van der Waals surface area contributed by atoms with Crippen molar-refractivity contribution in [2.45, 2.75) is 31.5 Å². The first-order chi connectivity index (χ1) is 15.1. The Hall–Kier alpha value is -3.00. The number of benzene rings is 2. The Morgan fingerprint density at radius 3 is 2.38 bits per heavy atom. The summed E-state index contributed by atoms with van der Waals surface area (Å²) in [5.74, 6) is 2.02. The molecule has 0 saturated carbocycles.